The summed E-state index contributed by atoms with van der Waals surface area (Å²) in [6.45, 7) is 2.15. The van der Waals surface area contributed by atoms with Gasteiger partial charge in [0.15, 0.2) is 0 Å². The second kappa shape index (κ2) is 6.88. The van der Waals surface area contributed by atoms with Crippen molar-refractivity contribution in [1.82, 2.24) is 14.5 Å². The van der Waals surface area contributed by atoms with E-state index in [4.69, 9.17) is 9.72 Å². The number of anilines is 2. The molecule has 4 aromatic rings. The number of benzene rings is 2. The summed E-state index contributed by atoms with van der Waals surface area (Å²) in [5, 5.41) is 3.41. The number of imidazole rings is 1. The van der Waals surface area contributed by atoms with Crippen LogP contribution in [0.25, 0.3) is 11.0 Å². The van der Waals surface area contributed by atoms with Crippen LogP contribution in [-0.2, 0) is 13.5 Å². The quantitative estimate of drug-likeness (QED) is 0.549. The average molecular weight is 344 g/mol. The molecule has 0 spiro atoms. The third-order valence-corrected chi connectivity index (χ3v) is 4.33. The van der Waals surface area contributed by atoms with Crippen LogP contribution in [0.2, 0.25) is 0 Å². The molecule has 0 saturated heterocycles. The Morgan fingerprint density at radius 2 is 1.85 bits per heavy atom. The maximum atomic E-state index is 5.87. The molecule has 5 nitrogen and oxygen atoms in total. The van der Waals surface area contributed by atoms with Crippen LogP contribution in [0.3, 0.4) is 0 Å². The molecular formula is C21H20N4O. The summed E-state index contributed by atoms with van der Waals surface area (Å²) < 4.78 is 7.92. The first-order valence-corrected chi connectivity index (χ1v) is 8.63. The van der Waals surface area contributed by atoms with Gasteiger partial charge in [0.2, 0.25) is 5.95 Å². The third kappa shape index (κ3) is 3.24. The first kappa shape index (κ1) is 16.1. The molecule has 0 aliphatic heterocycles. The largest absolute Gasteiger partial charge is 0.457 e. The lowest BCUT2D eigenvalue weighted by Gasteiger charge is -2.07. The van der Waals surface area contributed by atoms with E-state index in [0.29, 0.717) is 0 Å². The molecule has 26 heavy (non-hydrogen) atoms. The van der Waals surface area contributed by atoms with Gasteiger partial charge in [0.05, 0.1) is 11.0 Å². The molecule has 0 aliphatic rings. The van der Waals surface area contributed by atoms with Gasteiger partial charge in [0, 0.05) is 31.2 Å². The van der Waals surface area contributed by atoms with E-state index in [2.05, 4.69) is 41.5 Å². The van der Waals surface area contributed by atoms with Crippen LogP contribution >= 0.6 is 0 Å². The standard InChI is InChI=1S/C21H20N4O/c1-3-15-5-4-6-16(13-15)23-21-24-19-14-18(7-8-20(19)25(21)2)26-17-9-11-22-12-10-17/h4-14H,3H2,1-2H3,(H,23,24). The van der Waals surface area contributed by atoms with Gasteiger partial charge < -0.3 is 14.6 Å². The minimum absolute atomic E-state index is 0.751. The van der Waals surface area contributed by atoms with Gasteiger partial charge >= 0.3 is 0 Å². The predicted octanol–water partition coefficient (Wildman–Crippen LogP) is 5.07. The zero-order valence-corrected chi connectivity index (χ0v) is 14.8. The normalized spacial score (nSPS) is 10.8. The summed E-state index contributed by atoms with van der Waals surface area (Å²) in [6, 6.07) is 18.0. The topological polar surface area (TPSA) is 52.0 Å². The zero-order valence-electron chi connectivity index (χ0n) is 14.8. The summed E-state index contributed by atoms with van der Waals surface area (Å²) >= 11 is 0. The molecule has 4 rings (SSSR count). The summed E-state index contributed by atoms with van der Waals surface area (Å²) in [7, 11) is 2.00. The van der Waals surface area contributed by atoms with E-state index in [1.807, 2.05) is 41.9 Å². The molecular weight excluding hydrogens is 324 g/mol. The molecule has 0 aliphatic carbocycles. The molecule has 0 fully saturated rings. The zero-order chi connectivity index (χ0) is 17.9. The van der Waals surface area contributed by atoms with E-state index in [9.17, 15) is 0 Å². The lowest BCUT2D eigenvalue weighted by molar-refractivity contribution is 0.482. The number of rotatable bonds is 5. The van der Waals surface area contributed by atoms with Gasteiger partial charge in [0.1, 0.15) is 11.5 Å². The first-order valence-electron chi connectivity index (χ1n) is 8.63. The van der Waals surface area contributed by atoms with Crippen molar-refractivity contribution >= 4 is 22.7 Å². The van der Waals surface area contributed by atoms with Crippen molar-refractivity contribution in [2.75, 3.05) is 5.32 Å². The van der Waals surface area contributed by atoms with Crippen molar-refractivity contribution in [2.24, 2.45) is 7.05 Å². The Morgan fingerprint density at radius 3 is 2.65 bits per heavy atom. The second-order valence-corrected chi connectivity index (χ2v) is 6.11. The number of nitrogens with one attached hydrogen (secondary N) is 1. The molecule has 0 saturated carbocycles. The number of aromatic nitrogens is 3. The van der Waals surface area contributed by atoms with Gasteiger partial charge in [-0.3, -0.25) is 4.98 Å². The molecule has 0 atom stereocenters. The van der Waals surface area contributed by atoms with E-state index < -0.39 is 0 Å². The van der Waals surface area contributed by atoms with Crippen LogP contribution in [0.5, 0.6) is 11.5 Å². The van der Waals surface area contributed by atoms with E-state index >= 15 is 0 Å². The summed E-state index contributed by atoms with van der Waals surface area (Å²) in [5.41, 5.74) is 4.26. The van der Waals surface area contributed by atoms with Crippen molar-refractivity contribution < 1.29 is 4.74 Å². The monoisotopic (exact) mass is 344 g/mol. The minimum Gasteiger partial charge on any atom is -0.457 e. The highest BCUT2D eigenvalue weighted by atomic mass is 16.5. The molecule has 2 aromatic heterocycles. The number of nitrogens with zero attached hydrogens (tertiary/aromatic N) is 3. The molecule has 0 bridgehead atoms. The Kier molecular flexibility index (Phi) is 4.27. The first-order chi connectivity index (χ1) is 12.7. The molecule has 2 heterocycles. The van der Waals surface area contributed by atoms with Crippen molar-refractivity contribution in [1.29, 1.82) is 0 Å². The fraction of sp³-hybridized carbons (Fsp3) is 0.143. The smallest absolute Gasteiger partial charge is 0.208 e. The van der Waals surface area contributed by atoms with Gasteiger partial charge in [-0.05, 0) is 48.4 Å². The van der Waals surface area contributed by atoms with Crippen molar-refractivity contribution in [3.05, 3.63) is 72.6 Å². The summed E-state index contributed by atoms with van der Waals surface area (Å²) in [6.07, 6.45) is 4.43. The fourth-order valence-corrected chi connectivity index (χ4v) is 2.90. The maximum Gasteiger partial charge on any atom is 0.208 e. The van der Waals surface area contributed by atoms with Crippen molar-refractivity contribution in [3.63, 3.8) is 0 Å². The Bertz CT molecular complexity index is 1040. The molecule has 5 heteroatoms. The van der Waals surface area contributed by atoms with Gasteiger partial charge in [-0.1, -0.05) is 19.1 Å². The Labute approximate surface area is 152 Å². The molecule has 0 radical (unpaired) electrons. The number of hydrogen-bond donors (Lipinski definition) is 1. The third-order valence-electron chi connectivity index (χ3n) is 4.33. The van der Waals surface area contributed by atoms with Crippen LogP contribution in [-0.4, -0.2) is 14.5 Å². The van der Waals surface area contributed by atoms with Crippen LogP contribution < -0.4 is 10.1 Å². The van der Waals surface area contributed by atoms with Crippen molar-refractivity contribution in [3.8, 4) is 11.5 Å². The summed E-state index contributed by atoms with van der Waals surface area (Å²) in [4.78, 5) is 8.72. The highest BCUT2D eigenvalue weighted by Gasteiger charge is 2.10. The highest BCUT2D eigenvalue weighted by molar-refractivity contribution is 5.81. The summed E-state index contributed by atoms with van der Waals surface area (Å²) in [5.74, 6) is 2.31. The Balaban J connectivity index is 1.63. The van der Waals surface area contributed by atoms with Gasteiger partial charge in [-0.2, -0.15) is 0 Å². The van der Waals surface area contributed by atoms with Gasteiger partial charge in [0.25, 0.3) is 0 Å². The number of hydrogen-bond acceptors (Lipinski definition) is 4. The van der Waals surface area contributed by atoms with E-state index in [1.165, 1.54) is 5.56 Å². The van der Waals surface area contributed by atoms with Crippen molar-refractivity contribution in [2.45, 2.75) is 13.3 Å². The Hall–Kier alpha value is -3.34. The number of ether oxygens (including phenoxy) is 1. The van der Waals surface area contributed by atoms with Crippen LogP contribution in [0.1, 0.15) is 12.5 Å². The maximum absolute atomic E-state index is 5.87. The fourth-order valence-electron chi connectivity index (χ4n) is 2.90. The van der Waals surface area contributed by atoms with E-state index in [0.717, 1.165) is 40.6 Å². The molecule has 0 amide bonds. The number of fused-ring (bicyclic) bond motifs is 1. The second-order valence-electron chi connectivity index (χ2n) is 6.11. The minimum atomic E-state index is 0.751. The van der Waals surface area contributed by atoms with Gasteiger partial charge in [-0.15, -0.1) is 0 Å². The van der Waals surface area contributed by atoms with E-state index in [1.54, 1.807) is 12.4 Å². The lowest BCUT2D eigenvalue weighted by Crippen LogP contribution is -1.99. The number of aryl methyl sites for hydroxylation is 2. The molecule has 130 valence electrons. The van der Waals surface area contributed by atoms with Gasteiger partial charge in [-0.25, -0.2) is 4.98 Å². The SMILES string of the molecule is CCc1cccc(Nc2nc3cc(Oc4ccncc4)ccc3n2C)c1. The lowest BCUT2D eigenvalue weighted by atomic mass is 10.1. The van der Waals surface area contributed by atoms with Crippen LogP contribution in [0.4, 0.5) is 11.6 Å². The Morgan fingerprint density at radius 1 is 1.00 bits per heavy atom. The molecule has 0 unspecified atom stereocenters. The van der Waals surface area contributed by atoms with Crippen LogP contribution in [0, 0.1) is 0 Å². The van der Waals surface area contributed by atoms with Crippen LogP contribution in [0.15, 0.2) is 67.0 Å². The molecule has 1 N–H and O–H groups in total. The highest BCUT2D eigenvalue weighted by Crippen LogP contribution is 2.27. The average Bonchev–Trinajstić information content (AvgIpc) is 2.98. The van der Waals surface area contributed by atoms with E-state index in [-0.39, 0.29) is 0 Å². The molecule has 2 aromatic carbocycles. The predicted molar refractivity (Wildman–Crippen MR) is 104 cm³/mol. The number of pyridine rings is 1.